The van der Waals surface area contributed by atoms with Gasteiger partial charge in [-0.1, -0.05) is 51.9 Å². The van der Waals surface area contributed by atoms with Gasteiger partial charge in [-0.25, -0.2) is 4.39 Å². The standard InChI is InChI=1S/C15H29FN2O/c1-2-3-4-5-6-7-8-9-11-18-14(19)15(16)10-12-17-13-15/h17H,2-13H2,1H3,(H,18,19)/t15-/m0/s1. The Morgan fingerprint density at radius 1 is 1.16 bits per heavy atom. The molecule has 0 aromatic rings. The molecule has 1 amide bonds. The molecule has 0 bridgehead atoms. The summed E-state index contributed by atoms with van der Waals surface area (Å²) in [6.45, 7) is 3.59. The summed E-state index contributed by atoms with van der Waals surface area (Å²) in [4.78, 5) is 11.6. The topological polar surface area (TPSA) is 41.1 Å². The van der Waals surface area contributed by atoms with Crippen molar-refractivity contribution < 1.29 is 9.18 Å². The molecule has 0 saturated carbocycles. The van der Waals surface area contributed by atoms with Crippen molar-refractivity contribution in [1.29, 1.82) is 0 Å². The SMILES string of the molecule is CCCCCCCCCCNC(=O)[C@]1(F)CCNC1. The molecule has 4 heteroatoms. The van der Waals surface area contributed by atoms with E-state index in [0.29, 0.717) is 19.5 Å². The Morgan fingerprint density at radius 2 is 1.79 bits per heavy atom. The number of carbonyl (C=O) groups is 1. The van der Waals surface area contributed by atoms with Crippen LogP contribution in [0.15, 0.2) is 0 Å². The molecule has 0 aliphatic carbocycles. The van der Waals surface area contributed by atoms with E-state index in [1.807, 2.05) is 0 Å². The molecule has 1 rings (SSSR count). The summed E-state index contributed by atoms with van der Waals surface area (Å²) < 4.78 is 14.0. The monoisotopic (exact) mass is 272 g/mol. The number of hydrogen-bond acceptors (Lipinski definition) is 2. The van der Waals surface area contributed by atoms with Crippen LogP contribution < -0.4 is 10.6 Å². The number of nitrogens with one attached hydrogen (secondary N) is 2. The highest BCUT2D eigenvalue weighted by Gasteiger charge is 2.41. The van der Waals surface area contributed by atoms with Gasteiger partial charge in [-0.3, -0.25) is 4.79 Å². The number of unbranched alkanes of at least 4 members (excludes halogenated alkanes) is 7. The summed E-state index contributed by atoms with van der Waals surface area (Å²) >= 11 is 0. The van der Waals surface area contributed by atoms with Crippen LogP contribution in [-0.2, 0) is 4.79 Å². The van der Waals surface area contributed by atoms with Crippen LogP contribution in [-0.4, -0.2) is 31.2 Å². The molecule has 0 unspecified atom stereocenters. The van der Waals surface area contributed by atoms with Crippen LogP contribution in [0.4, 0.5) is 4.39 Å². The van der Waals surface area contributed by atoms with Crippen LogP contribution in [0.25, 0.3) is 0 Å². The maximum Gasteiger partial charge on any atom is 0.259 e. The van der Waals surface area contributed by atoms with Crippen LogP contribution >= 0.6 is 0 Å². The van der Waals surface area contributed by atoms with E-state index in [1.54, 1.807) is 0 Å². The van der Waals surface area contributed by atoms with Gasteiger partial charge in [-0.2, -0.15) is 0 Å². The predicted molar refractivity (Wildman–Crippen MR) is 76.9 cm³/mol. The maximum atomic E-state index is 14.0. The second kappa shape index (κ2) is 9.29. The van der Waals surface area contributed by atoms with Crippen molar-refractivity contribution in [2.24, 2.45) is 0 Å². The third-order valence-electron chi connectivity index (χ3n) is 3.83. The fourth-order valence-corrected chi connectivity index (χ4v) is 2.47. The van der Waals surface area contributed by atoms with Gasteiger partial charge >= 0.3 is 0 Å². The van der Waals surface area contributed by atoms with Crippen molar-refractivity contribution >= 4 is 5.91 Å². The largest absolute Gasteiger partial charge is 0.353 e. The maximum absolute atomic E-state index is 14.0. The Morgan fingerprint density at radius 3 is 2.37 bits per heavy atom. The molecule has 0 aromatic heterocycles. The number of halogens is 1. The molecule has 1 heterocycles. The van der Waals surface area contributed by atoms with E-state index in [0.717, 1.165) is 12.8 Å². The number of hydrogen-bond donors (Lipinski definition) is 2. The zero-order valence-corrected chi connectivity index (χ0v) is 12.3. The van der Waals surface area contributed by atoms with Gasteiger partial charge in [0.25, 0.3) is 5.91 Å². The first-order valence-corrected chi connectivity index (χ1v) is 7.87. The van der Waals surface area contributed by atoms with Crippen LogP contribution in [0.2, 0.25) is 0 Å². The summed E-state index contributed by atoms with van der Waals surface area (Å²) in [6, 6.07) is 0. The number of alkyl halides is 1. The summed E-state index contributed by atoms with van der Waals surface area (Å²) in [5.41, 5.74) is -1.67. The first kappa shape index (κ1) is 16.4. The molecular formula is C15H29FN2O. The average molecular weight is 272 g/mol. The molecule has 0 aromatic carbocycles. The molecular weight excluding hydrogens is 243 g/mol. The fraction of sp³-hybridized carbons (Fsp3) is 0.933. The quantitative estimate of drug-likeness (QED) is 0.600. The van der Waals surface area contributed by atoms with E-state index in [1.165, 1.54) is 38.5 Å². The third kappa shape index (κ3) is 6.37. The smallest absolute Gasteiger partial charge is 0.259 e. The molecule has 1 aliphatic rings. The minimum Gasteiger partial charge on any atom is -0.353 e. The molecule has 19 heavy (non-hydrogen) atoms. The predicted octanol–water partition coefficient (Wildman–Crippen LogP) is 2.94. The molecule has 0 spiro atoms. The van der Waals surface area contributed by atoms with Crippen molar-refractivity contribution in [3.8, 4) is 0 Å². The Balaban J connectivity index is 1.92. The summed E-state index contributed by atoms with van der Waals surface area (Å²) in [5.74, 6) is -0.430. The van der Waals surface area contributed by atoms with Crippen molar-refractivity contribution in [3.63, 3.8) is 0 Å². The van der Waals surface area contributed by atoms with Gasteiger partial charge in [0.05, 0.1) is 0 Å². The zero-order valence-electron chi connectivity index (χ0n) is 12.3. The Hall–Kier alpha value is -0.640. The molecule has 2 N–H and O–H groups in total. The van der Waals surface area contributed by atoms with Gasteiger partial charge in [0.15, 0.2) is 0 Å². The van der Waals surface area contributed by atoms with Crippen molar-refractivity contribution in [2.75, 3.05) is 19.6 Å². The highest BCUT2D eigenvalue weighted by Crippen LogP contribution is 2.19. The van der Waals surface area contributed by atoms with Crippen molar-refractivity contribution in [3.05, 3.63) is 0 Å². The summed E-state index contributed by atoms with van der Waals surface area (Å²) in [6.07, 6.45) is 10.2. The van der Waals surface area contributed by atoms with Gasteiger partial charge in [-0.05, 0) is 13.0 Å². The Kier molecular flexibility index (Phi) is 8.03. The normalized spacial score (nSPS) is 22.6. The first-order valence-electron chi connectivity index (χ1n) is 7.87. The molecule has 1 aliphatic heterocycles. The first-order chi connectivity index (χ1) is 9.19. The lowest BCUT2D eigenvalue weighted by Crippen LogP contribution is -2.45. The van der Waals surface area contributed by atoms with Crippen molar-refractivity contribution in [1.82, 2.24) is 10.6 Å². The van der Waals surface area contributed by atoms with E-state index in [2.05, 4.69) is 17.6 Å². The molecule has 3 nitrogen and oxygen atoms in total. The van der Waals surface area contributed by atoms with Crippen LogP contribution in [0.3, 0.4) is 0 Å². The second-order valence-corrected chi connectivity index (χ2v) is 5.62. The molecule has 1 saturated heterocycles. The number of carbonyl (C=O) groups excluding carboxylic acids is 1. The molecule has 1 atom stereocenters. The summed E-state index contributed by atoms with van der Waals surface area (Å²) in [7, 11) is 0. The molecule has 1 fully saturated rings. The Bertz CT molecular complexity index is 253. The third-order valence-corrected chi connectivity index (χ3v) is 3.83. The van der Waals surface area contributed by atoms with E-state index in [4.69, 9.17) is 0 Å². The van der Waals surface area contributed by atoms with Crippen LogP contribution in [0, 0.1) is 0 Å². The lowest BCUT2D eigenvalue weighted by molar-refractivity contribution is -0.131. The van der Waals surface area contributed by atoms with Gasteiger partial charge in [-0.15, -0.1) is 0 Å². The van der Waals surface area contributed by atoms with E-state index in [-0.39, 0.29) is 6.54 Å². The lowest BCUT2D eigenvalue weighted by Gasteiger charge is -2.17. The highest BCUT2D eigenvalue weighted by atomic mass is 19.1. The molecule has 0 radical (unpaired) electrons. The Labute approximate surface area is 116 Å². The van der Waals surface area contributed by atoms with Gasteiger partial charge in [0.2, 0.25) is 5.67 Å². The fourth-order valence-electron chi connectivity index (χ4n) is 2.47. The zero-order chi connectivity index (χ0) is 14.0. The minimum absolute atomic E-state index is 0.163. The van der Waals surface area contributed by atoms with E-state index in [9.17, 15) is 9.18 Å². The van der Waals surface area contributed by atoms with Crippen LogP contribution in [0.5, 0.6) is 0 Å². The average Bonchev–Trinajstić information content (AvgIpc) is 2.85. The van der Waals surface area contributed by atoms with Gasteiger partial charge in [0.1, 0.15) is 0 Å². The minimum atomic E-state index is -1.67. The van der Waals surface area contributed by atoms with E-state index < -0.39 is 11.6 Å². The van der Waals surface area contributed by atoms with Gasteiger partial charge in [0, 0.05) is 19.5 Å². The van der Waals surface area contributed by atoms with Crippen molar-refractivity contribution in [2.45, 2.75) is 70.4 Å². The van der Waals surface area contributed by atoms with Gasteiger partial charge < -0.3 is 10.6 Å². The van der Waals surface area contributed by atoms with Crippen LogP contribution in [0.1, 0.15) is 64.7 Å². The highest BCUT2D eigenvalue weighted by molar-refractivity contribution is 5.85. The number of rotatable bonds is 10. The second-order valence-electron chi connectivity index (χ2n) is 5.62. The van der Waals surface area contributed by atoms with E-state index >= 15 is 0 Å². The molecule has 112 valence electrons. The summed E-state index contributed by atoms with van der Waals surface area (Å²) in [5, 5.41) is 5.62. The lowest BCUT2D eigenvalue weighted by atomic mass is 10.0. The number of amides is 1.